The number of nitrogens with one attached hydrogen (secondary N) is 1. The van der Waals surface area contributed by atoms with E-state index in [-0.39, 0.29) is 19.2 Å². The molecule has 2 rings (SSSR count). The van der Waals surface area contributed by atoms with Gasteiger partial charge in [-0.15, -0.1) is 0 Å². The third-order valence-electron chi connectivity index (χ3n) is 3.32. The van der Waals surface area contributed by atoms with E-state index in [4.69, 9.17) is 18.9 Å². The Morgan fingerprint density at radius 3 is 2.58 bits per heavy atom. The van der Waals surface area contributed by atoms with E-state index in [1.54, 1.807) is 12.2 Å². The van der Waals surface area contributed by atoms with Crippen LogP contribution in [0.15, 0.2) is 42.5 Å². The van der Waals surface area contributed by atoms with Crippen LogP contribution in [0.25, 0.3) is 0 Å². The maximum atomic E-state index is 11.9. The van der Waals surface area contributed by atoms with Gasteiger partial charge >= 0.3 is 12.1 Å². The smallest absolute Gasteiger partial charge is 0.408 e. The highest BCUT2D eigenvalue weighted by molar-refractivity contribution is 5.68. The summed E-state index contributed by atoms with van der Waals surface area (Å²) in [5, 5.41) is 2.67. The van der Waals surface area contributed by atoms with Crippen molar-refractivity contribution < 1.29 is 28.5 Å². The standard InChI is InChI=1S/C17H21NO6/c1-12(19)22-11-14-8-9-15(16(21-2)24-14)18-17(20)23-10-13-6-4-3-5-7-13/h3-9,14-16H,10-11H2,1-2H3,(H,18,20)/t14-,15+,16-/m0/s1. The summed E-state index contributed by atoms with van der Waals surface area (Å²) in [6.45, 7) is 1.60. The lowest BCUT2D eigenvalue weighted by atomic mass is 10.1. The van der Waals surface area contributed by atoms with Gasteiger partial charge in [0.15, 0.2) is 6.29 Å². The first-order valence-electron chi connectivity index (χ1n) is 7.55. The first kappa shape index (κ1) is 18.0. The van der Waals surface area contributed by atoms with E-state index in [1.165, 1.54) is 14.0 Å². The summed E-state index contributed by atoms with van der Waals surface area (Å²) < 4.78 is 20.9. The van der Waals surface area contributed by atoms with E-state index in [0.717, 1.165) is 5.56 Å². The summed E-state index contributed by atoms with van der Waals surface area (Å²) >= 11 is 0. The van der Waals surface area contributed by atoms with Gasteiger partial charge < -0.3 is 24.3 Å². The van der Waals surface area contributed by atoms with E-state index in [2.05, 4.69) is 5.32 Å². The lowest BCUT2D eigenvalue weighted by Crippen LogP contribution is -2.48. The van der Waals surface area contributed by atoms with Crippen molar-refractivity contribution in [3.63, 3.8) is 0 Å². The van der Waals surface area contributed by atoms with E-state index >= 15 is 0 Å². The Bertz CT molecular complexity index is 574. The van der Waals surface area contributed by atoms with Crippen LogP contribution < -0.4 is 5.32 Å². The van der Waals surface area contributed by atoms with Crippen LogP contribution in [0.4, 0.5) is 4.79 Å². The number of amides is 1. The van der Waals surface area contributed by atoms with Gasteiger partial charge in [0.05, 0.1) is 0 Å². The largest absolute Gasteiger partial charge is 0.463 e. The lowest BCUT2D eigenvalue weighted by molar-refractivity contribution is -0.175. The van der Waals surface area contributed by atoms with Crippen molar-refractivity contribution in [2.24, 2.45) is 0 Å². The number of ether oxygens (including phenoxy) is 4. The Hall–Kier alpha value is -2.38. The number of hydrogen-bond donors (Lipinski definition) is 1. The van der Waals surface area contributed by atoms with Crippen LogP contribution in [-0.2, 0) is 30.3 Å². The first-order chi connectivity index (χ1) is 11.6. The van der Waals surface area contributed by atoms with Crippen LogP contribution in [0.5, 0.6) is 0 Å². The molecule has 0 saturated heterocycles. The molecular formula is C17H21NO6. The van der Waals surface area contributed by atoms with Crippen LogP contribution in [0, 0.1) is 0 Å². The van der Waals surface area contributed by atoms with Crippen molar-refractivity contribution in [1.82, 2.24) is 5.32 Å². The van der Waals surface area contributed by atoms with Gasteiger partial charge in [-0.05, 0) is 5.56 Å². The minimum atomic E-state index is -0.695. The van der Waals surface area contributed by atoms with E-state index in [1.807, 2.05) is 30.3 Å². The minimum absolute atomic E-state index is 0.0941. The second-order valence-electron chi connectivity index (χ2n) is 5.20. The molecule has 1 aliphatic rings. The molecule has 1 amide bonds. The van der Waals surface area contributed by atoms with Crippen LogP contribution in [0.2, 0.25) is 0 Å². The van der Waals surface area contributed by atoms with Gasteiger partial charge in [-0.3, -0.25) is 4.79 Å². The molecule has 1 N–H and O–H groups in total. The van der Waals surface area contributed by atoms with Crippen LogP contribution >= 0.6 is 0 Å². The molecule has 0 spiro atoms. The zero-order valence-corrected chi connectivity index (χ0v) is 13.6. The summed E-state index contributed by atoms with van der Waals surface area (Å²) in [5.41, 5.74) is 0.896. The van der Waals surface area contributed by atoms with Gasteiger partial charge in [0, 0.05) is 14.0 Å². The number of hydrogen-bond acceptors (Lipinski definition) is 6. The molecule has 0 radical (unpaired) electrons. The Morgan fingerprint density at radius 2 is 1.92 bits per heavy atom. The molecule has 1 aromatic carbocycles. The van der Waals surface area contributed by atoms with Crippen LogP contribution in [0.3, 0.4) is 0 Å². The van der Waals surface area contributed by atoms with E-state index < -0.39 is 24.5 Å². The third-order valence-corrected chi connectivity index (χ3v) is 3.32. The number of rotatable bonds is 6. The highest BCUT2D eigenvalue weighted by Crippen LogP contribution is 2.15. The molecule has 0 unspecified atom stereocenters. The molecule has 0 bridgehead atoms. The lowest BCUT2D eigenvalue weighted by Gasteiger charge is -2.31. The second-order valence-corrected chi connectivity index (χ2v) is 5.20. The monoisotopic (exact) mass is 335 g/mol. The van der Waals surface area contributed by atoms with Crippen LogP contribution in [-0.4, -0.2) is 44.2 Å². The van der Waals surface area contributed by atoms with Gasteiger partial charge in [-0.2, -0.15) is 0 Å². The Morgan fingerprint density at radius 1 is 1.17 bits per heavy atom. The van der Waals surface area contributed by atoms with Crippen molar-refractivity contribution >= 4 is 12.1 Å². The molecule has 0 saturated carbocycles. The predicted octanol–water partition coefficient (Wildman–Crippen LogP) is 1.77. The van der Waals surface area contributed by atoms with Gasteiger partial charge in [0.25, 0.3) is 0 Å². The normalized spacial score (nSPS) is 22.7. The van der Waals surface area contributed by atoms with Crippen molar-refractivity contribution in [2.45, 2.75) is 32.0 Å². The molecule has 1 heterocycles. The second kappa shape index (κ2) is 9.05. The summed E-state index contributed by atoms with van der Waals surface area (Å²) in [7, 11) is 1.47. The van der Waals surface area contributed by atoms with E-state index in [0.29, 0.717) is 0 Å². The molecule has 7 nitrogen and oxygen atoms in total. The Labute approximate surface area is 140 Å². The van der Waals surface area contributed by atoms with Crippen molar-refractivity contribution in [3.05, 3.63) is 48.0 Å². The van der Waals surface area contributed by atoms with Crippen molar-refractivity contribution in [3.8, 4) is 0 Å². The molecule has 130 valence electrons. The average Bonchev–Trinajstić information content (AvgIpc) is 2.60. The maximum Gasteiger partial charge on any atom is 0.408 e. The molecular weight excluding hydrogens is 314 g/mol. The fourth-order valence-corrected chi connectivity index (χ4v) is 2.15. The molecule has 24 heavy (non-hydrogen) atoms. The van der Waals surface area contributed by atoms with Crippen LogP contribution in [0.1, 0.15) is 12.5 Å². The third kappa shape index (κ3) is 5.68. The summed E-state index contributed by atoms with van der Waals surface area (Å²) in [6.07, 6.45) is 1.76. The fourth-order valence-electron chi connectivity index (χ4n) is 2.15. The maximum absolute atomic E-state index is 11.9. The zero-order valence-electron chi connectivity index (χ0n) is 13.6. The minimum Gasteiger partial charge on any atom is -0.463 e. The number of benzene rings is 1. The predicted molar refractivity (Wildman–Crippen MR) is 85.0 cm³/mol. The number of alkyl carbamates (subject to hydrolysis) is 1. The molecule has 7 heteroatoms. The van der Waals surface area contributed by atoms with Gasteiger partial charge in [0.1, 0.15) is 25.4 Å². The quantitative estimate of drug-likeness (QED) is 0.630. The topological polar surface area (TPSA) is 83.1 Å². The summed E-state index contributed by atoms with van der Waals surface area (Å²) in [6, 6.07) is 8.88. The Kier molecular flexibility index (Phi) is 6.77. The molecule has 0 fully saturated rings. The van der Waals surface area contributed by atoms with Crippen molar-refractivity contribution in [2.75, 3.05) is 13.7 Å². The summed E-state index contributed by atoms with van der Waals surface area (Å²) in [5.74, 6) is -0.384. The molecule has 1 aromatic rings. The Balaban J connectivity index is 1.83. The zero-order chi connectivity index (χ0) is 17.4. The number of carbonyl (C=O) groups is 2. The highest BCUT2D eigenvalue weighted by Gasteiger charge is 2.29. The number of esters is 1. The molecule has 1 aliphatic heterocycles. The number of methoxy groups -OCH3 is 1. The molecule has 0 aliphatic carbocycles. The summed E-state index contributed by atoms with van der Waals surface area (Å²) in [4.78, 5) is 22.7. The average molecular weight is 335 g/mol. The first-order valence-corrected chi connectivity index (χ1v) is 7.55. The fraction of sp³-hybridized carbons (Fsp3) is 0.412. The van der Waals surface area contributed by atoms with Gasteiger partial charge in [0.2, 0.25) is 0 Å². The molecule has 0 aromatic heterocycles. The van der Waals surface area contributed by atoms with E-state index in [9.17, 15) is 9.59 Å². The highest BCUT2D eigenvalue weighted by atomic mass is 16.7. The SMILES string of the molecule is CO[C@H]1O[C@H](COC(C)=O)C=C[C@H]1NC(=O)OCc1ccccc1. The van der Waals surface area contributed by atoms with Gasteiger partial charge in [-0.25, -0.2) is 4.79 Å². The number of carbonyl (C=O) groups excluding carboxylic acids is 2. The van der Waals surface area contributed by atoms with Crippen molar-refractivity contribution in [1.29, 1.82) is 0 Å². The molecule has 3 atom stereocenters. The van der Waals surface area contributed by atoms with Gasteiger partial charge in [-0.1, -0.05) is 42.5 Å².